The SMILES string of the molecule is O=C(O)c1cccc([N+](=O)[O-])c1OC1CCCCC1O. The number of carbonyl (C=O) groups is 1. The molecule has 0 aliphatic heterocycles. The Labute approximate surface area is 114 Å². The molecule has 108 valence electrons. The molecule has 0 aromatic heterocycles. The van der Waals surface area contributed by atoms with Crippen LogP contribution in [0.15, 0.2) is 18.2 Å². The number of benzene rings is 1. The van der Waals surface area contributed by atoms with Crippen molar-refractivity contribution in [2.24, 2.45) is 0 Å². The minimum absolute atomic E-state index is 0.267. The quantitative estimate of drug-likeness (QED) is 0.645. The van der Waals surface area contributed by atoms with Gasteiger partial charge < -0.3 is 14.9 Å². The lowest BCUT2D eigenvalue weighted by atomic mass is 9.94. The van der Waals surface area contributed by atoms with Gasteiger partial charge in [0.1, 0.15) is 11.7 Å². The zero-order chi connectivity index (χ0) is 14.7. The molecule has 1 saturated carbocycles. The molecule has 1 fully saturated rings. The average molecular weight is 281 g/mol. The first-order chi connectivity index (χ1) is 9.50. The number of aliphatic hydroxyl groups excluding tert-OH is 1. The number of aromatic carboxylic acids is 1. The Balaban J connectivity index is 2.37. The van der Waals surface area contributed by atoms with Crippen LogP contribution in [0.4, 0.5) is 5.69 Å². The first-order valence-corrected chi connectivity index (χ1v) is 6.36. The van der Waals surface area contributed by atoms with Gasteiger partial charge in [-0.2, -0.15) is 0 Å². The lowest BCUT2D eigenvalue weighted by Gasteiger charge is -2.28. The molecular weight excluding hydrogens is 266 g/mol. The van der Waals surface area contributed by atoms with Crippen molar-refractivity contribution in [3.05, 3.63) is 33.9 Å². The number of hydrogen-bond acceptors (Lipinski definition) is 5. The third-order valence-electron chi connectivity index (χ3n) is 3.36. The standard InChI is InChI=1S/C13H15NO6/c15-10-6-1-2-7-11(10)20-12-8(13(16)17)4-3-5-9(12)14(18)19/h3-5,10-11,15H,1-2,6-7H2,(H,16,17). The predicted octanol–water partition coefficient (Wildman–Crippen LogP) is 1.98. The molecule has 2 atom stereocenters. The van der Waals surface area contributed by atoms with E-state index in [-0.39, 0.29) is 11.3 Å². The second-order valence-electron chi connectivity index (χ2n) is 4.72. The number of hydrogen-bond donors (Lipinski definition) is 2. The summed E-state index contributed by atoms with van der Waals surface area (Å²) in [4.78, 5) is 21.5. The van der Waals surface area contributed by atoms with Gasteiger partial charge in [-0.25, -0.2) is 4.79 Å². The van der Waals surface area contributed by atoms with Gasteiger partial charge in [-0.1, -0.05) is 12.5 Å². The third kappa shape index (κ3) is 2.88. The van der Waals surface area contributed by atoms with Crippen LogP contribution < -0.4 is 4.74 Å². The number of aliphatic hydroxyl groups is 1. The van der Waals surface area contributed by atoms with Crippen molar-refractivity contribution >= 4 is 11.7 Å². The largest absolute Gasteiger partial charge is 0.480 e. The number of ether oxygens (including phenoxy) is 1. The summed E-state index contributed by atoms with van der Waals surface area (Å²) in [5.41, 5.74) is -0.667. The van der Waals surface area contributed by atoms with Crippen LogP contribution in [0.2, 0.25) is 0 Å². The fourth-order valence-corrected chi connectivity index (χ4v) is 2.33. The molecule has 0 saturated heterocycles. The number of rotatable bonds is 4. The third-order valence-corrected chi connectivity index (χ3v) is 3.36. The highest BCUT2D eigenvalue weighted by molar-refractivity contribution is 5.92. The number of nitrogens with zero attached hydrogens (tertiary/aromatic N) is 1. The fraction of sp³-hybridized carbons (Fsp3) is 0.462. The molecule has 1 aromatic carbocycles. The Morgan fingerprint density at radius 1 is 1.35 bits per heavy atom. The van der Waals surface area contributed by atoms with Gasteiger partial charge in [-0.15, -0.1) is 0 Å². The number of para-hydroxylation sites is 1. The molecule has 7 heteroatoms. The van der Waals surface area contributed by atoms with Crippen molar-refractivity contribution in [2.45, 2.75) is 37.9 Å². The minimum atomic E-state index is -1.30. The van der Waals surface area contributed by atoms with Crippen LogP contribution in [-0.4, -0.2) is 33.3 Å². The van der Waals surface area contributed by atoms with Gasteiger partial charge in [0.2, 0.25) is 5.75 Å². The number of carboxylic acid groups (broad SMARTS) is 1. The van der Waals surface area contributed by atoms with E-state index in [0.29, 0.717) is 12.8 Å². The van der Waals surface area contributed by atoms with E-state index in [1.54, 1.807) is 0 Å². The molecular formula is C13H15NO6. The average Bonchev–Trinajstić information content (AvgIpc) is 2.41. The summed E-state index contributed by atoms with van der Waals surface area (Å²) in [6.45, 7) is 0. The van der Waals surface area contributed by atoms with Crippen LogP contribution >= 0.6 is 0 Å². The summed E-state index contributed by atoms with van der Waals surface area (Å²) in [6, 6.07) is 3.74. The van der Waals surface area contributed by atoms with Crippen molar-refractivity contribution in [2.75, 3.05) is 0 Å². The zero-order valence-corrected chi connectivity index (χ0v) is 10.7. The molecule has 0 spiro atoms. The minimum Gasteiger partial charge on any atom is -0.480 e. The van der Waals surface area contributed by atoms with Gasteiger partial charge in [0.05, 0.1) is 11.0 Å². The zero-order valence-electron chi connectivity index (χ0n) is 10.7. The molecule has 1 aliphatic rings. The summed E-state index contributed by atoms with van der Waals surface area (Å²) in [7, 11) is 0. The topological polar surface area (TPSA) is 110 Å². The van der Waals surface area contributed by atoms with E-state index in [0.717, 1.165) is 12.8 Å². The first kappa shape index (κ1) is 14.3. The molecule has 7 nitrogen and oxygen atoms in total. The van der Waals surface area contributed by atoms with Crippen molar-refractivity contribution < 1.29 is 24.7 Å². The maximum Gasteiger partial charge on any atom is 0.339 e. The Morgan fingerprint density at radius 2 is 2.05 bits per heavy atom. The highest BCUT2D eigenvalue weighted by atomic mass is 16.6. The highest BCUT2D eigenvalue weighted by Gasteiger charge is 2.30. The van der Waals surface area contributed by atoms with E-state index in [4.69, 9.17) is 9.84 Å². The van der Waals surface area contributed by atoms with Crippen LogP contribution in [0.25, 0.3) is 0 Å². The van der Waals surface area contributed by atoms with Crippen LogP contribution in [0.3, 0.4) is 0 Å². The molecule has 0 heterocycles. The Kier molecular flexibility index (Phi) is 4.19. The van der Waals surface area contributed by atoms with Crippen molar-refractivity contribution in [3.63, 3.8) is 0 Å². The number of carboxylic acids is 1. The van der Waals surface area contributed by atoms with Crippen LogP contribution in [0.1, 0.15) is 36.0 Å². The number of nitro groups is 1. The molecule has 0 radical (unpaired) electrons. The maximum atomic E-state index is 11.2. The van der Waals surface area contributed by atoms with Crippen LogP contribution in [0, 0.1) is 10.1 Å². The molecule has 2 N–H and O–H groups in total. The molecule has 1 aliphatic carbocycles. The van der Waals surface area contributed by atoms with Gasteiger partial charge >= 0.3 is 11.7 Å². The summed E-state index contributed by atoms with van der Waals surface area (Å²) in [6.07, 6.45) is 1.46. The van der Waals surface area contributed by atoms with Crippen LogP contribution in [-0.2, 0) is 0 Å². The molecule has 0 bridgehead atoms. The van der Waals surface area contributed by atoms with E-state index in [9.17, 15) is 20.0 Å². The van der Waals surface area contributed by atoms with Gasteiger partial charge in [0.25, 0.3) is 0 Å². The van der Waals surface area contributed by atoms with Crippen molar-refractivity contribution in [1.29, 1.82) is 0 Å². The van der Waals surface area contributed by atoms with Crippen LogP contribution in [0.5, 0.6) is 5.75 Å². The smallest absolute Gasteiger partial charge is 0.339 e. The summed E-state index contributed by atoms with van der Waals surface area (Å²) in [5, 5.41) is 29.9. The van der Waals surface area contributed by atoms with Gasteiger partial charge in [-0.3, -0.25) is 10.1 Å². The summed E-state index contributed by atoms with van der Waals surface area (Å²) >= 11 is 0. The van der Waals surface area contributed by atoms with Crippen molar-refractivity contribution in [3.8, 4) is 5.75 Å². The maximum absolute atomic E-state index is 11.2. The van der Waals surface area contributed by atoms with E-state index in [1.807, 2.05) is 0 Å². The van der Waals surface area contributed by atoms with Crippen molar-refractivity contribution in [1.82, 2.24) is 0 Å². The molecule has 2 rings (SSSR count). The first-order valence-electron chi connectivity index (χ1n) is 6.36. The van der Waals surface area contributed by atoms with E-state index in [1.165, 1.54) is 18.2 Å². The Morgan fingerprint density at radius 3 is 2.65 bits per heavy atom. The van der Waals surface area contributed by atoms with Gasteiger partial charge in [-0.05, 0) is 25.3 Å². The van der Waals surface area contributed by atoms with Gasteiger partial charge in [0, 0.05) is 6.07 Å². The summed E-state index contributed by atoms with van der Waals surface area (Å²) < 4.78 is 5.48. The highest BCUT2D eigenvalue weighted by Crippen LogP contribution is 2.34. The lowest BCUT2D eigenvalue weighted by molar-refractivity contribution is -0.386. The summed E-state index contributed by atoms with van der Waals surface area (Å²) in [5.74, 6) is -1.58. The van der Waals surface area contributed by atoms with E-state index in [2.05, 4.69) is 0 Å². The molecule has 0 amide bonds. The predicted molar refractivity (Wildman–Crippen MR) is 68.9 cm³/mol. The molecule has 2 unspecified atom stereocenters. The van der Waals surface area contributed by atoms with E-state index < -0.39 is 28.8 Å². The second kappa shape index (κ2) is 5.87. The normalized spacial score (nSPS) is 22.2. The Hall–Kier alpha value is -2.15. The lowest BCUT2D eigenvalue weighted by Crippen LogP contribution is -2.35. The molecule has 1 aromatic rings. The fourth-order valence-electron chi connectivity index (χ4n) is 2.33. The molecule has 20 heavy (non-hydrogen) atoms. The van der Waals surface area contributed by atoms with E-state index >= 15 is 0 Å². The number of nitro benzene ring substituents is 1. The second-order valence-corrected chi connectivity index (χ2v) is 4.72. The Bertz CT molecular complexity index is 497. The monoisotopic (exact) mass is 281 g/mol. The van der Waals surface area contributed by atoms with Gasteiger partial charge in [0.15, 0.2) is 0 Å².